The van der Waals surface area contributed by atoms with Crippen LogP contribution in [0.25, 0.3) is 16.9 Å². The van der Waals surface area contributed by atoms with Crippen LogP contribution in [0, 0.1) is 5.92 Å². The SMILES string of the molecule is CCc1ccc(-c2nn(-c3ccccc3)cc2/C=N\NC(=O)C2CC2)cc1. The van der Waals surface area contributed by atoms with E-state index in [9.17, 15) is 4.79 Å². The molecule has 3 aromatic rings. The van der Waals surface area contributed by atoms with Gasteiger partial charge in [-0.15, -0.1) is 0 Å². The predicted octanol–water partition coefficient (Wildman–Crippen LogP) is 3.96. The molecule has 0 saturated heterocycles. The first-order chi connectivity index (χ1) is 13.2. The topological polar surface area (TPSA) is 59.3 Å². The maximum atomic E-state index is 11.8. The van der Waals surface area contributed by atoms with Gasteiger partial charge in [-0.3, -0.25) is 4.79 Å². The number of rotatable bonds is 6. The number of amides is 1. The zero-order valence-electron chi connectivity index (χ0n) is 15.3. The number of hydrogen-bond donors (Lipinski definition) is 1. The van der Waals surface area contributed by atoms with Gasteiger partial charge in [-0.25, -0.2) is 10.1 Å². The lowest BCUT2D eigenvalue weighted by molar-refractivity contribution is -0.122. The van der Waals surface area contributed by atoms with E-state index in [1.54, 1.807) is 6.21 Å². The van der Waals surface area contributed by atoms with Crippen molar-refractivity contribution in [2.45, 2.75) is 26.2 Å². The summed E-state index contributed by atoms with van der Waals surface area (Å²) in [7, 11) is 0. The van der Waals surface area contributed by atoms with Crippen LogP contribution in [-0.4, -0.2) is 21.9 Å². The highest BCUT2D eigenvalue weighted by Crippen LogP contribution is 2.28. The molecule has 0 spiro atoms. The van der Waals surface area contributed by atoms with Crippen molar-refractivity contribution in [3.8, 4) is 16.9 Å². The van der Waals surface area contributed by atoms with E-state index in [-0.39, 0.29) is 11.8 Å². The highest BCUT2D eigenvalue weighted by molar-refractivity contribution is 5.90. The van der Waals surface area contributed by atoms with Crippen molar-refractivity contribution in [2.24, 2.45) is 11.0 Å². The molecular weight excluding hydrogens is 336 g/mol. The maximum absolute atomic E-state index is 11.8. The van der Waals surface area contributed by atoms with Crippen LogP contribution < -0.4 is 5.43 Å². The van der Waals surface area contributed by atoms with Gasteiger partial charge in [0.25, 0.3) is 0 Å². The number of carbonyl (C=O) groups is 1. The summed E-state index contributed by atoms with van der Waals surface area (Å²) < 4.78 is 1.84. The minimum absolute atomic E-state index is 0.00412. The van der Waals surface area contributed by atoms with Crippen molar-refractivity contribution < 1.29 is 4.79 Å². The summed E-state index contributed by atoms with van der Waals surface area (Å²) in [6.45, 7) is 2.14. The Bertz CT molecular complexity index is 954. The molecule has 1 amide bonds. The van der Waals surface area contributed by atoms with E-state index in [0.29, 0.717) is 0 Å². The molecule has 1 aromatic heterocycles. The molecule has 4 rings (SSSR count). The highest BCUT2D eigenvalue weighted by Gasteiger charge is 2.29. The summed E-state index contributed by atoms with van der Waals surface area (Å²) in [5.41, 5.74) is 7.62. The third-order valence-electron chi connectivity index (χ3n) is 4.73. The lowest BCUT2D eigenvalue weighted by Crippen LogP contribution is -2.18. The second-order valence-corrected chi connectivity index (χ2v) is 6.77. The van der Waals surface area contributed by atoms with Crippen LogP contribution in [-0.2, 0) is 11.2 Å². The predicted molar refractivity (Wildman–Crippen MR) is 107 cm³/mol. The molecule has 5 nitrogen and oxygen atoms in total. The molecule has 1 saturated carbocycles. The second kappa shape index (κ2) is 7.58. The molecule has 5 heteroatoms. The molecule has 0 atom stereocenters. The first-order valence-corrected chi connectivity index (χ1v) is 9.32. The van der Waals surface area contributed by atoms with Gasteiger partial charge in [-0.05, 0) is 37.0 Å². The number of hydrogen-bond acceptors (Lipinski definition) is 3. The molecule has 27 heavy (non-hydrogen) atoms. The molecule has 1 heterocycles. The fraction of sp³-hybridized carbons (Fsp3) is 0.227. The fourth-order valence-electron chi connectivity index (χ4n) is 2.92. The molecule has 0 bridgehead atoms. The monoisotopic (exact) mass is 358 g/mol. The minimum Gasteiger partial charge on any atom is -0.273 e. The van der Waals surface area contributed by atoms with E-state index in [2.05, 4.69) is 41.7 Å². The van der Waals surface area contributed by atoms with Crippen molar-refractivity contribution >= 4 is 12.1 Å². The van der Waals surface area contributed by atoms with Crippen LogP contribution in [0.3, 0.4) is 0 Å². The Morgan fingerprint density at radius 2 is 1.93 bits per heavy atom. The number of nitrogens with zero attached hydrogens (tertiary/aromatic N) is 3. The summed E-state index contributed by atoms with van der Waals surface area (Å²) in [6.07, 6.45) is 6.53. The second-order valence-electron chi connectivity index (χ2n) is 6.77. The Kier molecular flexibility index (Phi) is 4.83. The van der Waals surface area contributed by atoms with Crippen LogP contribution in [0.4, 0.5) is 0 Å². The highest BCUT2D eigenvalue weighted by atomic mass is 16.2. The lowest BCUT2D eigenvalue weighted by atomic mass is 10.1. The number of hydrazone groups is 1. The van der Waals surface area contributed by atoms with Crippen LogP contribution in [0.1, 0.15) is 30.9 Å². The van der Waals surface area contributed by atoms with Crippen molar-refractivity contribution in [2.75, 3.05) is 0 Å². The molecule has 2 aromatic carbocycles. The maximum Gasteiger partial charge on any atom is 0.243 e. The normalized spacial score (nSPS) is 13.8. The smallest absolute Gasteiger partial charge is 0.243 e. The van der Waals surface area contributed by atoms with Crippen LogP contribution in [0.5, 0.6) is 0 Å². The third-order valence-corrected chi connectivity index (χ3v) is 4.73. The van der Waals surface area contributed by atoms with Crippen LogP contribution in [0.15, 0.2) is 65.9 Å². The summed E-state index contributed by atoms with van der Waals surface area (Å²) in [6, 6.07) is 18.4. The molecule has 0 radical (unpaired) electrons. The fourth-order valence-corrected chi connectivity index (χ4v) is 2.92. The summed E-state index contributed by atoms with van der Waals surface area (Å²) in [5, 5.41) is 8.92. The van der Waals surface area contributed by atoms with E-state index < -0.39 is 0 Å². The number of carbonyl (C=O) groups excluding carboxylic acids is 1. The Labute approximate surface area is 158 Å². The Morgan fingerprint density at radius 3 is 2.59 bits per heavy atom. The quantitative estimate of drug-likeness (QED) is 0.535. The number of para-hydroxylation sites is 1. The van der Waals surface area contributed by atoms with E-state index in [4.69, 9.17) is 5.10 Å². The number of aromatic nitrogens is 2. The average Bonchev–Trinajstić information content (AvgIpc) is 3.49. The van der Waals surface area contributed by atoms with Gasteiger partial charge in [-0.2, -0.15) is 10.2 Å². The van der Waals surface area contributed by atoms with Crippen molar-refractivity contribution in [3.05, 3.63) is 71.9 Å². The molecule has 1 aliphatic carbocycles. The van der Waals surface area contributed by atoms with E-state index in [1.807, 2.05) is 41.2 Å². The lowest BCUT2D eigenvalue weighted by Gasteiger charge is -2.02. The molecular formula is C22H22N4O. The first kappa shape index (κ1) is 17.2. The first-order valence-electron chi connectivity index (χ1n) is 9.32. The summed E-state index contributed by atoms with van der Waals surface area (Å²) >= 11 is 0. The van der Waals surface area contributed by atoms with Crippen LogP contribution >= 0.6 is 0 Å². The van der Waals surface area contributed by atoms with Gasteiger partial charge < -0.3 is 0 Å². The summed E-state index contributed by atoms with van der Waals surface area (Å²) in [5.74, 6) is 0.130. The zero-order valence-corrected chi connectivity index (χ0v) is 15.3. The van der Waals surface area contributed by atoms with Gasteiger partial charge in [0.2, 0.25) is 5.91 Å². The molecule has 1 aliphatic rings. The number of nitrogens with one attached hydrogen (secondary N) is 1. The minimum atomic E-state index is -0.00412. The Morgan fingerprint density at radius 1 is 1.19 bits per heavy atom. The van der Waals surface area contributed by atoms with Crippen molar-refractivity contribution in [1.29, 1.82) is 0 Å². The molecule has 0 aliphatic heterocycles. The standard InChI is InChI=1S/C22H22N4O/c1-2-16-8-10-17(11-9-16)21-19(14-23-24-22(27)18-12-13-18)15-26(25-21)20-6-4-3-5-7-20/h3-11,14-15,18H,2,12-13H2,1H3,(H,24,27)/b23-14-. The number of aryl methyl sites for hydroxylation is 1. The number of benzene rings is 2. The van der Waals surface area contributed by atoms with Gasteiger partial charge in [0, 0.05) is 23.2 Å². The van der Waals surface area contributed by atoms with Gasteiger partial charge in [0.15, 0.2) is 0 Å². The third kappa shape index (κ3) is 3.97. The van der Waals surface area contributed by atoms with E-state index >= 15 is 0 Å². The van der Waals surface area contributed by atoms with Gasteiger partial charge in [-0.1, -0.05) is 49.4 Å². The van der Waals surface area contributed by atoms with Crippen molar-refractivity contribution in [1.82, 2.24) is 15.2 Å². The van der Waals surface area contributed by atoms with E-state index in [1.165, 1.54) is 5.56 Å². The summed E-state index contributed by atoms with van der Waals surface area (Å²) in [4.78, 5) is 11.8. The van der Waals surface area contributed by atoms with E-state index in [0.717, 1.165) is 41.8 Å². The molecule has 1 N–H and O–H groups in total. The van der Waals surface area contributed by atoms with Gasteiger partial charge in [0.05, 0.1) is 11.9 Å². The van der Waals surface area contributed by atoms with Crippen molar-refractivity contribution in [3.63, 3.8) is 0 Å². The average molecular weight is 358 g/mol. The van der Waals surface area contributed by atoms with Gasteiger partial charge in [0.1, 0.15) is 5.69 Å². The Balaban J connectivity index is 1.66. The largest absolute Gasteiger partial charge is 0.273 e. The van der Waals surface area contributed by atoms with Crippen LogP contribution in [0.2, 0.25) is 0 Å². The molecule has 1 fully saturated rings. The molecule has 136 valence electrons. The Hall–Kier alpha value is -3.21. The molecule has 0 unspecified atom stereocenters. The van der Waals surface area contributed by atoms with Gasteiger partial charge >= 0.3 is 0 Å². The zero-order chi connectivity index (χ0) is 18.6.